The topological polar surface area (TPSA) is 75.4 Å². The number of amides is 2. The zero-order chi connectivity index (χ0) is 15.0. The number of fused-ring (bicyclic) bond motifs is 1. The van der Waals surface area contributed by atoms with E-state index in [1.807, 2.05) is 24.3 Å². The van der Waals surface area contributed by atoms with E-state index in [9.17, 15) is 9.59 Å². The van der Waals surface area contributed by atoms with Gasteiger partial charge in [-0.1, -0.05) is 25.1 Å². The number of para-hydroxylation sites is 1. The van der Waals surface area contributed by atoms with Crippen LogP contribution in [0.5, 0.6) is 0 Å². The van der Waals surface area contributed by atoms with Crippen LogP contribution in [0.15, 0.2) is 24.3 Å². The lowest BCUT2D eigenvalue weighted by atomic mass is 9.89. The van der Waals surface area contributed by atoms with Crippen LogP contribution in [0.4, 0.5) is 5.69 Å². The molecule has 3 atom stereocenters. The molecule has 21 heavy (non-hydrogen) atoms. The van der Waals surface area contributed by atoms with E-state index in [-0.39, 0.29) is 23.7 Å². The second-order valence-electron chi connectivity index (χ2n) is 6.12. The average Bonchev–Trinajstić information content (AvgIpc) is 2.91. The van der Waals surface area contributed by atoms with Gasteiger partial charge in [-0.25, -0.2) is 0 Å². The van der Waals surface area contributed by atoms with E-state index in [0.717, 1.165) is 17.8 Å². The highest BCUT2D eigenvalue weighted by Crippen LogP contribution is 2.32. The summed E-state index contributed by atoms with van der Waals surface area (Å²) in [5, 5.41) is 3.26. The molecule has 0 aliphatic carbocycles. The van der Waals surface area contributed by atoms with Crippen LogP contribution < -0.4 is 16.0 Å². The molecule has 0 bridgehead atoms. The average molecular weight is 287 g/mol. The third-order valence-corrected chi connectivity index (χ3v) is 4.65. The smallest absolute Gasteiger partial charge is 0.231 e. The summed E-state index contributed by atoms with van der Waals surface area (Å²) in [6, 6.07) is 7.79. The van der Waals surface area contributed by atoms with E-state index in [1.54, 1.807) is 4.90 Å². The van der Waals surface area contributed by atoms with Gasteiger partial charge in [0, 0.05) is 18.8 Å². The summed E-state index contributed by atoms with van der Waals surface area (Å²) in [6.45, 7) is 4.06. The number of primary amides is 1. The van der Waals surface area contributed by atoms with E-state index in [1.165, 1.54) is 0 Å². The number of carbonyl (C=O) groups is 2. The first-order valence-corrected chi connectivity index (χ1v) is 7.47. The van der Waals surface area contributed by atoms with Gasteiger partial charge in [-0.15, -0.1) is 0 Å². The van der Waals surface area contributed by atoms with Crippen molar-refractivity contribution in [2.45, 2.75) is 13.3 Å². The molecule has 5 nitrogen and oxygen atoms in total. The second kappa shape index (κ2) is 5.48. The number of hydrogen-bond acceptors (Lipinski definition) is 3. The molecule has 0 radical (unpaired) electrons. The Bertz CT molecular complexity index is 572. The zero-order valence-corrected chi connectivity index (χ0v) is 12.2. The molecule has 1 saturated heterocycles. The van der Waals surface area contributed by atoms with Gasteiger partial charge in [0.15, 0.2) is 0 Å². The van der Waals surface area contributed by atoms with Crippen molar-refractivity contribution >= 4 is 17.5 Å². The maximum atomic E-state index is 12.9. The molecule has 0 spiro atoms. The van der Waals surface area contributed by atoms with Crippen LogP contribution in [0, 0.1) is 17.8 Å². The first kappa shape index (κ1) is 14.1. The molecule has 3 rings (SSSR count). The maximum Gasteiger partial charge on any atom is 0.231 e. The first-order chi connectivity index (χ1) is 10.1. The van der Waals surface area contributed by atoms with Gasteiger partial charge in [0.1, 0.15) is 0 Å². The van der Waals surface area contributed by atoms with Gasteiger partial charge in [0.25, 0.3) is 0 Å². The molecule has 0 aromatic heterocycles. The van der Waals surface area contributed by atoms with Crippen molar-refractivity contribution in [3.8, 4) is 0 Å². The Morgan fingerprint density at radius 3 is 2.71 bits per heavy atom. The highest BCUT2D eigenvalue weighted by Gasteiger charge is 2.37. The summed E-state index contributed by atoms with van der Waals surface area (Å²) in [6.07, 6.45) is 0.619. The van der Waals surface area contributed by atoms with Gasteiger partial charge in [-0.3, -0.25) is 9.59 Å². The maximum absolute atomic E-state index is 12.9. The van der Waals surface area contributed by atoms with Gasteiger partial charge in [0.05, 0.1) is 11.8 Å². The molecular formula is C16H21N3O2. The molecule has 1 aromatic carbocycles. The Morgan fingerprint density at radius 1 is 1.29 bits per heavy atom. The van der Waals surface area contributed by atoms with E-state index in [2.05, 4.69) is 12.2 Å². The normalized spacial score (nSPS) is 28.2. The molecule has 2 aliphatic rings. The Balaban J connectivity index is 1.92. The largest absolute Gasteiger partial charge is 0.369 e. The minimum atomic E-state index is -0.333. The first-order valence-electron chi connectivity index (χ1n) is 7.47. The number of rotatable bonds is 2. The standard InChI is InChI=1S/C16H21N3O2/c1-10-7-18-8-13(10)16(21)19-9-12(15(17)20)6-11-4-2-3-5-14(11)19/h2-5,10,12-13,18H,6-9H2,1H3,(H2,17,20)/t10-,12?,13-/m1/s1. The fourth-order valence-corrected chi connectivity index (χ4v) is 3.34. The van der Waals surface area contributed by atoms with E-state index < -0.39 is 0 Å². The molecule has 2 aliphatic heterocycles. The van der Waals surface area contributed by atoms with Gasteiger partial charge in [-0.2, -0.15) is 0 Å². The molecule has 2 heterocycles. The lowest BCUT2D eigenvalue weighted by Gasteiger charge is -2.35. The Morgan fingerprint density at radius 2 is 2.05 bits per heavy atom. The van der Waals surface area contributed by atoms with E-state index in [4.69, 9.17) is 5.73 Å². The van der Waals surface area contributed by atoms with Gasteiger partial charge >= 0.3 is 0 Å². The molecule has 5 heteroatoms. The minimum Gasteiger partial charge on any atom is -0.369 e. The van der Waals surface area contributed by atoms with E-state index >= 15 is 0 Å². The fraction of sp³-hybridized carbons (Fsp3) is 0.500. The van der Waals surface area contributed by atoms with Gasteiger partial charge < -0.3 is 16.0 Å². The number of benzene rings is 1. The predicted molar refractivity (Wildman–Crippen MR) is 80.7 cm³/mol. The van der Waals surface area contributed by atoms with Crippen molar-refractivity contribution in [2.24, 2.45) is 23.5 Å². The van der Waals surface area contributed by atoms with Crippen LogP contribution in [-0.2, 0) is 16.0 Å². The molecule has 1 aromatic rings. The van der Waals surface area contributed by atoms with Gasteiger partial charge in [0.2, 0.25) is 11.8 Å². The lowest BCUT2D eigenvalue weighted by Crippen LogP contribution is -2.47. The SMILES string of the molecule is C[C@@H]1CNC[C@H]1C(=O)N1CC(C(N)=O)Cc2ccccc21. The Hall–Kier alpha value is -1.88. The van der Waals surface area contributed by atoms with Crippen molar-refractivity contribution in [3.63, 3.8) is 0 Å². The summed E-state index contributed by atoms with van der Waals surface area (Å²) in [7, 11) is 0. The second-order valence-corrected chi connectivity index (χ2v) is 6.12. The summed E-state index contributed by atoms with van der Waals surface area (Å²) in [5.41, 5.74) is 7.44. The zero-order valence-electron chi connectivity index (χ0n) is 12.2. The van der Waals surface area contributed by atoms with Crippen molar-refractivity contribution in [2.75, 3.05) is 24.5 Å². The van der Waals surface area contributed by atoms with Crippen LogP contribution in [0.25, 0.3) is 0 Å². The molecule has 1 unspecified atom stereocenters. The van der Waals surface area contributed by atoms with Crippen LogP contribution in [-0.4, -0.2) is 31.4 Å². The molecule has 3 N–H and O–H groups in total. The van der Waals surface area contributed by atoms with E-state index in [0.29, 0.717) is 25.4 Å². The Kier molecular flexibility index (Phi) is 3.68. The van der Waals surface area contributed by atoms with Crippen LogP contribution in [0.2, 0.25) is 0 Å². The quantitative estimate of drug-likeness (QED) is 0.833. The third kappa shape index (κ3) is 2.53. The molecule has 0 saturated carbocycles. The van der Waals surface area contributed by atoms with Crippen molar-refractivity contribution < 1.29 is 9.59 Å². The highest BCUT2D eigenvalue weighted by molar-refractivity contribution is 5.98. The van der Waals surface area contributed by atoms with Crippen molar-refractivity contribution in [3.05, 3.63) is 29.8 Å². The highest BCUT2D eigenvalue weighted by atomic mass is 16.2. The number of carbonyl (C=O) groups excluding carboxylic acids is 2. The Labute approximate surface area is 124 Å². The molecule has 1 fully saturated rings. The number of hydrogen-bond donors (Lipinski definition) is 2. The molecule has 2 amide bonds. The van der Waals surface area contributed by atoms with Crippen LogP contribution in [0.3, 0.4) is 0 Å². The van der Waals surface area contributed by atoms with Crippen molar-refractivity contribution in [1.29, 1.82) is 0 Å². The van der Waals surface area contributed by atoms with Gasteiger partial charge in [-0.05, 0) is 30.5 Å². The summed E-state index contributed by atoms with van der Waals surface area (Å²) < 4.78 is 0. The number of anilines is 1. The monoisotopic (exact) mass is 287 g/mol. The van der Waals surface area contributed by atoms with Crippen LogP contribution in [0.1, 0.15) is 12.5 Å². The fourth-order valence-electron chi connectivity index (χ4n) is 3.34. The molecule has 112 valence electrons. The van der Waals surface area contributed by atoms with Crippen LogP contribution >= 0.6 is 0 Å². The third-order valence-electron chi connectivity index (χ3n) is 4.65. The molecular weight excluding hydrogens is 266 g/mol. The van der Waals surface area contributed by atoms with Crippen molar-refractivity contribution in [1.82, 2.24) is 5.32 Å². The number of nitrogens with one attached hydrogen (secondary N) is 1. The summed E-state index contributed by atoms with van der Waals surface area (Å²) >= 11 is 0. The summed E-state index contributed by atoms with van der Waals surface area (Å²) in [5.74, 6) is -0.234. The summed E-state index contributed by atoms with van der Waals surface area (Å²) in [4.78, 5) is 26.2. The lowest BCUT2D eigenvalue weighted by molar-refractivity contribution is -0.124. The minimum absolute atomic E-state index is 0.0234. The number of nitrogens with two attached hydrogens (primary N) is 1. The predicted octanol–water partition coefficient (Wildman–Crippen LogP) is 0.533. The number of nitrogens with zero attached hydrogens (tertiary/aromatic N) is 1.